The van der Waals surface area contributed by atoms with Crippen LogP contribution in [-0.4, -0.2) is 152 Å². The van der Waals surface area contributed by atoms with Gasteiger partial charge in [-0.05, 0) is 68.3 Å². The average molecular weight is 1080 g/mol. The number of aromatic nitrogens is 4. The molecule has 14 nitrogen and oxygen atoms in total. The van der Waals surface area contributed by atoms with Crippen molar-refractivity contribution >= 4 is 52.4 Å². The van der Waals surface area contributed by atoms with Crippen LogP contribution in [0.4, 0.5) is 67.1 Å². The molecule has 4 aromatic rings. The van der Waals surface area contributed by atoms with Crippen LogP contribution in [0.25, 0.3) is 11.4 Å². The highest BCUT2D eigenvalue weighted by Crippen LogP contribution is 2.37. The van der Waals surface area contributed by atoms with Gasteiger partial charge in [-0.2, -0.15) is 62.9 Å². The smallest absolute Gasteiger partial charge is 0.434 e. The molecule has 2 aromatic carbocycles. The van der Waals surface area contributed by atoms with E-state index in [1.165, 1.54) is 0 Å². The van der Waals surface area contributed by atoms with Crippen molar-refractivity contribution in [3.8, 4) is 11.4 Å². The molecule has 2 amide bonds. The van der Waals surface area contributed by atoms with Crippen LogP contribution in [0, 0.1) is 0 Å². The summed E-state index contributed by atoms with van der Waals surface area (Å²) in [5.41, 5.74) is 1.10. The summed E-state index contributed by atoms with van der Waals surface area (Å²) < 4.78 is 160. The van der Waals surface area contributed by atoms with Gasteiger partial charge in [-0.3, -0.25) is 9.80 Å². The minimum absolute atomic E-state index is 0.0774. The van der Waals surface area contributed by atoms with Gasteiger partial charge in [0.25, 0.3) is 12.2 Å². The summed E-state index contributed by atoms with van der Waals surface area (Å²) in [6.45, 7) is 10.1. The van der Waals surface area contributed by atoms with Gasteiger partial charge in [-0.25, -0.2) is 23.7 Å². The summed E-state index contributed by atoms with van der Waals surface area (Å²) in [4.78, 5) is 40.6. The molecule has 6 rings (SSSR count). The number of halogens is 15. The maximum Gasteiger partial charge on any atom is 0.434 e. The molecule has 388 valence electrons. The fourth-order valence-corrected chi connectivity index (χ4v) is 6.90. The molecule has 0 saturated carbocycles. The summed E-state index contributed by atoms with van der Waals surface area (Å²) in [7, 11) is 0. The molecule has 0 bridgehead atoms. The SMILES string of the molecule is CC(C)(C)OC(=O)N1CCN(Cc2ccc(Cl)cc2-n2cccn2)CC1.O=C(Cl)OC(C(F)(F)F)C(F)(F)F.O=C(OC(C(F)(F)F)C(F)(F)F)N1CCN(Cc2ccc(Cl)cc2-n2cccn2)CC1. The second kappa shape index (κ2) is 23.8. The minimum atomic E-state index is -5.74. The van der Waals surface area contributed by atoms with Gasteiger partial charge in [0.2, 0.25) is 0 Å². The zero-order valence-corrected chi connectivity index (χ0v) is 39.1. The third-order valence-electron chi connectivity index (χ3n) is 9.66. The van der Waals surface area contributed by atoms with Crippen molar-refractivity contribution in [2.24, 2.45) is 0 Å². The lowest BCUT2D eigenvalue weighted by Crippen LogP contribution is -2.52. The minimum Gasteiger partial charge on any atom is -0.444 e. The van der Waals surface area contributed by atoms with Crippen molar-refractivity contribution in [1.82, 2.24) is 39.2 Å². The molecule has 0 atom stereocenters. The van der Waals surface area contributed by atoms with E-state index in [-0.39, 0.29) is 32.3 Å². The summed E-state index contributed by atoms with van der Waals surface area (Å²) in [5, 5.41) is 9.68. The third-order valence-corrected chi connectivity index (χ3v) is 10.2. The van der Waals surface area contributed by atoms with Crippen LogP contribution >= 0.6 is 34.8 Å². The molecule has 70 heavy (non-hydrogen) atoms. The Morgan fingerprint density at radius 1 is 0.571 bits per heavy atom. The number of carbonyl (C=O) groups is 3. The molecule has 0 radical (unpaired) electrons. The van der Waals surface area contributed by atoms with Crippen LogP contribution in [0.15, 0.2) is 73.3 Å². The van der Waals surface area contributed by atoms with E-state index in [0.29, 0.717) is 29.7 Å². The zero-order chi connectivity index (χ0) is 52.4. The highest BCUT2D eigenvalue weighted by Gasteiger charge is 2.61. The van der Waals surface area contributed by atoms with Crippen LogP contribution in [0.2, 0.25) is 10.0 Å². The number of hydrogen-bond acceptors (Lipinski definition) is 10. The van der Waals surface area contributed by atoms with Crippen molar-refractivity contribution in [1.29, 1.82) is 0 Å². The van der Waals surface area contributed by atoms with Crippen LogP contribution < -0.4 is 0 Å². The topological polar surface area (TPSA) is 127 Å². The van der Waals surface area contributed by atoms with E-state index in [0.717, 1.165) is 47.0 Å². The van der Waals surface area contributed by atoms with Crippen LogP contribution in [0.1, 0.15) is 31.9 Å². The molecule has 0 spiro atoms. The van der Waals surface area contributed by atoms with E-state index in [4.69, 9.17) is 27.9 Å². The van der Waals surface area contributed by atoms with Crippen molar-refractivity contribution in [3.63, 3.8) is 0 Å². The monoisotopic (exact) mass is 1080 g/mol. The second-order valence-electron chi connectivity index (χ2n) is 16.1. The number of amides is 2. The number of rotatable bonds is 8. The van der Waals surface area contributed by atoms with Gasteiger partial charge in [-0.15, -0.1) is 0 Å². The van der Waals surface area contributed by atoms with Gasteiger partial charge in [0.15, 0.2) is 0 Å². The van der Waals surface area contributed by atoms with Gasteiger partial charge < -0.3 is 24.0 Å². The Morgan fingerprint density at radius 2 is 0.929 bits per heavy atom. The maximum atomic E-state index is 12.6. The van der Waals surface area contributed by atoms with E-state index in [1.807, 2.05) is 60.8 Å². The normalized spacial score (nSPS) is 15.5. The van der Waals surface area contributed by atoms with E-state index in [2.05, 4.69) is 36.2 Å². The Morgan fingerprint density at radius 3 is 1.23 bits per heavy atom. The third kappa shape index (κ3) is 17.9. The highest BCUT2D eigenvalue weighted by molar-refractivity contribution is 6.61. The number of alkyl halides is 12. The molecule has 2 fully saturated rings. The molecule has 2 aromatic heterocycles. The van der Waals surface area contributed by atoms with E-state index >= 15 is 0 Å². The van der Waals surface area contributed by atoms with E-state index in [1.54, 1.807) is 52.4 Å². The predicted molar refractivity (Wildman–Crippen MR) is 228 cm³/mol. The first-order valence-electron chi connectivity index (χ1n) is 20.4. The average Bonchev–Trinajstić information content (AvgIpc) is 3.98. The largest absolute Gasteiger partial charge is 0.444 e. The number of piperazine rings is 2. The van der Waals surface area contributed by atoms with Crippen molar-refractivity contribution in [2.75, 3.05) is 52.4 Å². The van der Waals surface area contributed by atoms with Gasteiger partial charge in [-0.1, -0.05) is 35.3 Å². The standard InChI is InChI=1S/C19H25ClN4O2.C18H17ClF6N4O2.C4HClF6O2/c1-19(2,3)26-18(25)23-11-9-22(10-12-23)14-15-5-6-16(20)13-17(15)24-8-4-7-21-24;19-13-3-2-12(14(10-13)29-5-1-4-26-29)11-27-6-8-28(9-7-27)16(30)31-15(17(20,21)22)18(23,24)25;5-2(12)13-1(3(6,7)8)4(9,10)11/h4-8,13H,9-12,14H2,1-3H3;1-5,10,15H,6-9,11H2;1H. The molecule has 0 aliphatic carbocycles. The van der Waals surface area contributed by atoms with Gasteiger partial charge >= 0.3 is 42.3 Å². The molecule has 2 saturated heterocycles. The molecule has 4 heterocycles. The number of ether oxygens (including phenoxy) is 3. The molecule has 2 aliphatic rings. The fourth-order valence-electron chi connectivity index (χ4n) is 6.48. The number of benzene rings is 2. The van der Waals surface area contributed by atoms with Gasteiger partial charge in [0.1, 0.15) is 5.60 Å². The van der Waals surface area contributed by atoms with E-state index < -0.39 is 54.0 Å². The summed E-state index contributed by atoms with van der Waals surface area (Å²) in [6.07, 6.45) is -26.1. The zero-order valence-electron chi connectivity index (χ0n) is 36.9. The lowest BCUT2D eigenvalue weighted by molar-refractivity contribution is -0.308. The first-order chi connectivity index (χ1) is 32.3. The maximum absolute atomic E-state index is 12.6. The first kappa shape index (κ1) is 57.4. The van der Waals surface area contributed by atoms with Crippen LogP contribution in [0.3, 0.4) is 0 Å². The van der Waals surface area contributed by atoms with Crippen LogP contribution in [-0.2, 0) is 27.3 Å². The number of carbonyl (C=O) groups excluding carboxylic acids is 3. The highest BCUT2D eigenvalue weighted by atomic mass is 35.5. The number of nitrogens with zero attached hydrogens (tertiary/aromatic N) is 8. The van der Waals surface area contributed by atoms with Gasteiger partial charge in [0.05, 0.1) is 11.4 Å². The lowest BCUT2D eigenvalue weighted by atomic mass is 10.1. The fraction of sp³-hybridized carbons (Fsp3) is 0.488. The quantitative estimate of drug-likeness (QED) is 0.0956. The Labute approximate surface area is 406 Å². The lowest BCUT2D eigenvalue weighted by Gasteiger charge is -2.35. The Kier molecular flexibility index (Phi) is 19.5. The molecule has 2 aliphatic heterocycles. The van der Waals surface area contributed by atoms with Gasteiger partial charge in [0, 0.05) is 112 Å². The summed E-state index contributed by atoms with van der Waals surface area (Å²) in [6, 6.07) is 14.7. The molecular formula is C41H43Cl3F12N8O6. The second-order valence-corrected chi connectivity index (χ2v) is 17.3. The Bertz CT molecular complexity index is 2290. The first-order valence-corrected chi connectivity index (χ1v) is 21.5. The molecule has 29 heteroatoms. The van der Waals surface area contributed by atoms with E-state index in [9.17, 15) is 67.1 Å². The predicted octanol–water partition coefficient (Wildman–Crippen LogP) is 10.7. The molecule has 0 unspecified atom stereocenters. The van der Waals surface area contributed by atoms with Crippen molar-refractivity contribution < 1.29 is 81.3 Å². The van der Waals surface area contributed by atoms with Crippen LogP contribution in [0.5, 0.6) is 0 Å². The number of hydrogen-bond donors (Lipinski definition) is 0. The summed E-state index contributed by atoms with van der Waals surface area (Å²) in [5.74, 6) is 0. The molecule has 0 N–H and O–H groups in total. The van der Waals surface area contributed by atoms with Crippen molar-refractivity contribution in [3.05, 3.63) is 94.5 Å². The summed E-state index contributed by atoms with van der Waals surface area (Å²) >= 11 is 16.5. The van der Waals surface area contributed by atoms with Crippen molar-refractivity contribution in [2.45, 2.75) is 76.4 Å². The Balaban J connectivity index is 0.000000247. The Hall–Kier alpha value is -5.18. The molecular weight excluding hydrogens is 1030 g/mol.